The summed E-state index contributed by atoms with van der Waals surface area (Å²) in [5.74, 6) is 2.33. The molecule has 198 valence electrons. The van der Waals surface area contributed by atoms with Crippen molar-refractivity contribution >= 4 is 5.97 Å². The Kier molecular flexibility index (Phi) is 11.1. The lowest BCUT2D eigenvalue weighted by atomic mass is 9.71. The van der Waals surface area contributed by atoms with Crippen molar-refractivity contribution in [2.75, 3.05) is 55.2 Å². The third-order valence-corrected chi connectivity index (χ3v) is 6.55. The van der Waals surface area contributed by atoms with Crippen molar-refractivity contribution < 1.29 is 28.5 Å². The minimum atomic E-state index is -0.972. The van der Waals surface area contributed by atoms with Gasteiger partial charge in [-0.1, -0.05) is 24.3 Å². The fraction of sp³-hybridized carbons (Fsp3) is 0.483. The smallest absolute Gasteiger partial charge is 0.320 e. The second-order valence-corrected chi connectivity index (χ2v) is 8.82. The summed E-state index contributed by atoms with van der Waals surface area (Å²) < 4.78 is 27.2. The number of likely N-dealkylation sites (N-methyl/N-ethyl adjacent to an activating group) is 1. The van der Waals surface area contributed by atoms with Gasteiger partial charge in [-0.3, -0.25) is 4.79 Å². The maximum absolute atomic E-state index is 13.4. The summed E-state index contributed by atoms with van der Waals surface area (Å²) in [5.41, 5.74) is 1.73. The molecule has 1 atom stereocenters. The fourth-order valence-corrected chi connectivity index (χ4v) is 4.44. The second kappa shape index (κ2) is 13.8. The third kappa shape index (κ3) is 6.72. The van der Waals surface area contributed by atoms with Crippen LogP contribution < -0.4 is 18.9 Å². The van der Waals surface area contributed by atoms with E-state index in [0.29, 0.717) is 24.5 Å². The Morgan fingerprint density at radius 2 is 1.47 bits per heavy atom. The van der Waals surface area contributed by atoms with Crippen molar-refractivity contribution in [2.45, 2.75) is 38.5 Å². The first-order valence-electron chi connectivity index (χ1n) is 12.2. The van der Waals surface area contributed by atoms with Crippen LogP contribution in [0.15, 0.2) is 48.6 Å². The van der Waals surface area contributed by atoms with Gasteiger partial charge >= 0.3 is 5.97 Å². The zero-order valence-corrected chi connectivity index (χ0v) is 22.8. The summed E-state index contributed by atoms with van der Waals surface area (Å²) >= 11 is 0. The highest BCUT2D eigenvalue weighted by Gasteiger charge is 2.42. The van der Waals surface area contributed by atoms with Crippen molar-refractivity contribution in [3.63, 3.8) is 0 Å². The molecule has 0 radical (unpaired) electrons. The molecule has 1 unspecified atom stereocenters. The first kappa shape index (κ1) is 29.0. The molecule has 0 N–H and O–H groups in total. The number of ether oxygens (including phenoxy) is 5. The van der Waals surface area contributed by atoms with Crippen molar-refractivity contribution in [3.05, 3.63) is 59.7 Å². The van der Waals surface area contributed by atoms with E-state index in [4.69, 9.17) is 23.7 Å². The van der Waals surface area contributed by atoms with E-state index in [9.17, 15) is 4.79 Å². The van der Waals surface area contributed by atoms with E-state index < -0.39 is 5.41 Å². The lowest BCUT2D eigenvalue weighted by molar-refractivity contribution is -0.149. The van der Waals surface area contributed by atoms with Gasteiger partial charge < -0.3 is 28.6 Å². The van der Waals surface area contributed by atoms with Gasteiger partial charge in [-0.15, -0.1) is 0 Å². The maximum atomic E-state index is 13.4. The summed E-state index contributed by atoms with van der Waals surface area (Å²) in [7, 11) is 8.54. The SMILES string of the molecule is C=C(C)C(CCCN(C)CCc1ccc(OC)c(OC)c1)(C(=O)OCC)c1ccc(OC)c(OC)c1. The van der Waals surface area contributed by atoms with E-state index in [-0.39, 0.29) is 5.97 Å². The molecule has 2 aromatic rings. The Labute approximate surface area is 215 Å². The molecule has 36 heavy (non-hydrogen) atoms. The predicted molar refractivity (Wildman–Crippen MR) is 143 cm³/mol. The molecule has 0 spiro atoms. The first-order chi connectivity index (χ1) is 17.3. The quantitative estimate of drug-likeness (QED) is 0.251. The number of hydrogen-bond donors (Lipinski definition) is 0. The Bertz CT molecular complexity index is 1020. The van der Waals surface area contributed by atoms with Crippen LogP contribution in [0.1, 0.15) is 37.8 Å². The lowest BCUT2D eigenvalue weighted by Gasteiger charge is -2.33. The number of rotatable bonds is 15. The van der Waals surface area contributed by atoms with Crippen LogP contribution in [0.3, 0.4) is 0 Å². The van der Waals surface area contributed by atoms with Gasteiger partial charge in [0, 0.05) is 6.54 Å². The summed E-state index contributed by atoms with van der Waals surface area (Å²) in [6.07, 6.45) is 2.22. The molecule has 0 bridgehead atoms. The van der Waals surface area contributed by atoms with E-state index in [1.807, 2.05) is 44.2 Å². The second-order valence-electron chi connectivity index (χ2n) is 8.82. The summed E-state index contributed by atoms with van der Waals surface area (Å²) in [5, 5.41) is 0. The van der Waals surface area contributed by atoms with Crippen LogP contribution in [0.2, 0.25) is 0 Å². The van der Waals surface area contributed by atoms with Gasteiger partial charge in [0.25, 0.3) is 0 Å². The van der Waals surface area contributed by atoms with Gasteiger partial charge in [0.15, 0.2) is 23.0 Å². The van der Waals surface area contributed by atoms with Crippen molar-refractivity contribution in [3.8, 4) is 23.0 Å². The molecular formula is C29H41NO6. The molecule has 0 fully saturated rings. The van der Waals surface area contributed by atoms with Crippen molar-refractivity contribution in [1.29, 1.82) is 0 Å². The Hall–Kier alpha value is -3.19. The molecule has 7 nitrogen and oxygen atoms in total. The number of methoxy groups -OCH3 is 4. The predicted octanol–water partition coefficient (Wildman–Crippen LogP) is 5.05. The zero-order chi connectivity index (χ0) is 26.7. The van der Waals surface area contributed by atoms with Crippen LogP contribution in [0.5, 0.6) is 23.0 Å². The number of carbonyl (C=O) groups is 1. The summed E-state index contributed by atoms with van der Waals surface area (Å²) in [4.78, 5) is 15.6. The number of esters is 1. The molecule has 0 saturated heterocycles. The van der Waals surface area contributed by atoms with Gasteiger partial charge in [-0.05, 0) is 82.1 Å². The molecule has 0 aliphatic heterocycles. The molecule has 0 saturated carbocycles. The number of hydrogen-bond acceptors (Lipinski definition) is 7. The van der Waals surface area contributed by atoms with Gasteiger partial charge in [0.1, 0.15) is 5.41 Å². The summed E-state index contributed by atoms with van der Waals surface area (Å²) in [6, 6.07) is 11.6. The Morgan fingerprint density at radius 3 is 2.03 bits per heavy atom. The number of carbonyl (C=O) groups excluding carboxylic acids is 1. The van der Waals surface area contributed by atoms with Gasteiger partial charge in [0.05, 0.1) is 35.0 Å². The van der Waals surface area contributed by atoms with E-state index in [0.717, 1.165) is 48.6 Å². The van der Waals surface area contributed by atoms with Crippen LogP contribution >= 0.6 is 0 Å². The highest BCUT2D eigenvalue weighted by atomic mass is 16.5. The standard InChI is InChI=1S/C29H41NO6/c1-9-36-28(31)29(21(2)3,23-12-14-25(33-6)27(20-23)35-8)16-10-17-30(4)18-15-22-11-13-24(32-5)26(19-22)34-7/h11-14,19-20H,2,9-10,15-18H2,1,3-8H3. The van der Waals surface area contributed by atoms with Crippen LogP contribution in [0, 0.1) is 0 Å². The van der Waals surface area contributed by atoms with Crippen LogP contribution in [0.4, 0.5) is 0 Å². The molecule has 0 heterocycles. The average molecular weight is 500 g/mol. The minimum Gasteiger partial charge on any atom is -0.493 e. The zero-order valence-electron chi connectivity index (χ0n) is 22.8. The molecule has 0 aliphatic rings. The highest BCUT2D eigenvalue weighted by molar-refractivity contribution is 5.87. The van der Waals surface area contributed by atoms with Crippen LogP contribution in [0.25, 0.3) is 0 Å². The topological polar surface area (TPSA) is 66.5 Å². The largest absolute Gasteiger partial charge is 0.493 e. The van der Waals surface area contributed by atoms with Gasteiger partial charge in [-0.2, -0.15) is 0 Å². The van der Waals surface area contributed by atoms with Crippen molar-refractivity contribution in [2.24, 2.45) is 0 Å². The van der Waals surface area contributed by atoms with Crippen LogP contribution in [-0.4, -0.2) is 66.1 Å². The average Bonchev–Trinajstić information content (AvgIpc) is 2.89. The highest BCUT2D eigenvalue weighted by Crippen LogP contribution is 2.41. The van der Waals surface area contributed by atoms with E-state index in [1.165, 1.54) is 5.56 Å². The van der Waals surface area contributed by atoms with E-state index in [1.54, 1.807) is 28.4 Å². The fourth-order valence-electron chi connectivity index (χ4n) is 4.44. The monoisotopic (exact) mass is 499 g/mol. The molecule has 2 aromatic carbocycles. The normalized spacial score (nSPS) is 12.6. The first-order valence-corrected chi connectivity index (χ1v) is 12.2. The molecular weight excluding hydrogens is 458 g/mol. The molecule has 0 amide bonds. The Morgan fingerprint density at radius 1 is 0.889 bits per heavy atom. The molecule has 2 rings (SSSR count). The third-order valence-electron chi connectivity index (χ3n) is 6.55. The minimum absolute atomic E-state index is 0.294. The summed E-state index contributed by atoms with van der Waals surface area (Å²) in [6.45, 7) is 9.88. The van der Waals surface area contributed by atoms with Gasteiger partial charge in [0.2, 0.25) is 0 Å². The molecule has 0 aromatic heterocycles. The van der Waals surface area contributed by atoms with Crippen molar-refractivity contribution in [1.82, 2.24) is 4.90 Å². The molecule has 0 aliphatic carbocycles. The number of nitrogens with zero attached hydrogens (tertiary/aromatic N) is 1. The van der Waals surface area contributed by atoms with Crippen LogP contribution in [-0.2, 0) is 21.4 Å². The Balaban J connectivity index is 2.16. The van der Waals surface area contributed by atoms with E-state index >= 15 is 0 Å². The number of benzene rings is 2. The lowest BCUT2D eigenvalue weighted by Crippen LogP contribution is -2.39. The van der Waals surface area contributed by atoms with Gasteiger partial charge in [-0.25, -0.2) is 0 Å². The molecule has 7 heteroatoms. The van der Waals surface area contributed by atoms with E-state index in [2.05, 4.69) is 24.6 Å². The maximum Gasteiger partial charge on any atom is 0.320 e.